The van der Waals surface area contributed by atoms with Gasteiger partial charge in [0.25, 0.3) is 0 Å². The summed E-state index contributed by atoms with van der Waals surface area (Å²) in [4.78, 5) is 32.9. The lowest BCUT2D eigenvalue weighted by atomic mass is 10.2. The van der Waals surface area contributed by atoms with Gasteiger partial charge in [0.1, 0.15) is 18.8 Å². The van der Waals surface area contributed by atoms with Crippen LogP contribution in [0.5, 0.6) is 0 Å². The molecule has 106 valence electrons. The molecular formula is C13H14N2O5. The number of carboxylic acid groups (broad SMARTS) is 1. The van der Waals surface area contributed by atoms with Crippen molar-refractivity contribution >= 4 is 18.0 Å². The Hall–Kier alpha value is -2.83. The van der Waals surface area contributed by atoms with E-state index >= 15 is 0 Å². The molecule has 0 saturated carbocycles. The van der Waals surface area contributed by atoms with Crippen LogP contribution in [0.4, 0.5) is 4.79 Å². The molecule has 2 amide bonds. The molecule has 0 aliphatic heterocycles. The van der Waals surface area contributed by atoms with Crippen molar-refractivity contribution in [3.63, 3.8) is 0 Å². The maximum absolute atomic E-state index is 11.3. The Balaban J connectivity index is 2.25. The maximum Gasteiger partial charge on any atom is 0.407 e. The molecule has 0 fully saturated rings. The van der Waals surface area contributed by atoms with Crippen LogP contribution < -0.4 is 10.6 Å². The van der Waals surface area contributed by atoms with E-state index in [9.17, 15) is 14.4 Å². The largest absolute Gasteiger partial charge is 0.477 e. The highest BCUT2D eigenvalue weighted by atomic mass is 16.5. The SMILES string of the molecule is C=C(NC(=O)CNC(=O)OCc1ccccc1)C(=O)O. The number of carbonyl (C=O) groups is 3. The molecule has 0 aliphatic carbocycles. The Morgan fingerprint density at radius 1 is 1.20 bits per heavy atom. The standard InChI is InChI=1S/C13H14N2O5/c1-9(12(17)18)15-11(16)7-14-13(19)20-8-10-5-3-2-4-6-10/h2-6H,1,7-8H2,(H,14,19)(H,15,16)(H,17,18). The van der Waals surface area contributed by atoms with Crippen molar-refractivity contribution in [2.24, 2.45) is 0 Å². The fraction of sp³-hybridized carbons (Fsp3) is 0.154. The van der Waals surface area contributed by atoms with Gasteiger partial charge in [-0.05, 0) is 5.56 Å². The third kappa shape index (κ3) is 5.67. The molecule has 3 N–H and O–H groups in total. The summed E-state index contributed by atoms with van der Waals surface area (Å²) in [6.45, 7) is 2.80. The predicted octanol–water partition coefficient (Wildman–Crippen LogP) is 0.627. The van der Waals surface area contributed by atoms with Crippen LogP contribution in [0.3, 0.4) is 0 Å². The fourth-order valence-corrected chi connectivity index (χ4v) is 1.19. The van der Waals surface area contributed by atoms with Crippen LogP contribution in [0.1, 0.15) is 5.56 Å². The van der Waals surface area contributed by atoms with Gasteiger partial charge in [0.2, 0.25) is 5.91 Å². The number of rotatable bonds is 6. The lowest BCUT2D eigenvalue weighted by molar-refractivity contribution is -0.134. The minimum atomic E-state index is -1.34. The molecule has 0 radical (unpaired) electrons. The van der Waals surface area contributed by atoms with E-state index in [1.807, 2.05) is 23.5 Å². The number of ether oxygens (including phenoxy) is 1. The Morgan fingerprint density at radius 2 is 1.85 bits per heavy atom. The van der Waals surface area contributed by atoms with Crippen LogP contribution in [0.2, 0.25) is 0 Å². The molecule has 1 aromatic carbocycles. The topological polar surface area (TPSA) is 105 Å². The van der Waals surface area contributed by atoms with Crippen molar-refractivity contribution in [1.29, 1.82) is 0 Å². The van der Waals surface area contributed by atoms with Gasteiger partial charge < -0.3 is 20.5 Å². The average Bonchev–Trinajstić information content (AvgIpc) is 2.43. The van der Waals surface area contributed by atoms with Gasteiger partial charge in [-0.3, -0.25) is 4.79 Å². The van der Waals surface area contributed by atoms with Gasteiger partial charge in [-0.15, -0.1) is 0 Å². The normalized spacial score (nSPS) is 9.40. The zero-order chi connectivity index (χ0) is 15.0. The van der Waals surface area contributed by atoms with E-state index in [0.717, 1.165) is 5.56 Å². The maximum atomic E-state index is 11.3. The van der Waals surface area contributed by atoms with Crippen LogP contribution in [-0.2, 0) is 20.9 Å². The lowest BCUT2D eigenvalue weighted by Gasteiger charge is -2.07. The molecule has 7 nitrogen and oxygen atoms in total. The summed E-state index contributed by atoms with van der Waals surface area (Å²) in [5.74, 6) is -2.04. The van der Waals surface area contributed by atoms with Gasteiger partial charge in [-0.1, -0.05) is 36.9 Å². The van der Waals surface area contributed by atoms with E-state index in [1.54, 1.807) is 12.1 Å². The minimum Gasteiger partial charge on any atom is -0.477 e. The van der Waals surface area contributed by atoms with Crippen molar-refractivity contribution in [3.8, 4) is 0 Å². The number of aliphatic carboxylic acids is 1. The molecular weight excluding hydrogens is 264 g/mol. The number of hydrogen-bond donors (Lipinski definition) is 3. The quantitative estimate of drug-likeness (QED) is 0.662. The van der Waals surface area contributed by atoms with Gasteiger partial charge in [0.05, 0.1) is 0 Å². The molecule has 0 atom stereocenters. The zero-order valence-corrected chi connectivity index (χ0v) is 10.6. The predicted molar refractivity (Wildman–Crippen MR) is 69.5 cm³/mol. The van der Waals surface area contributed by atoms with E-state index in [4.69, 9.17) is 9.84 Å². The number of nitrogens with one attached hydrogen (secondary N) is 2. The number of amides is 2. The molecule has 0 heterocycles. The Bertz CT molecular complexity index is 513. The number of carboxylic acids is 1. The second kappa shape index (κ2) is 7.57. The number of hydrogen-bond acceptors (Lipinski definition) is 4. The molecule has 7 heteroatoms. The Morgan fingerprint density at radius 3 is 2.45 bits per heavy atom. The number of benzene rings is 1. The first-order valence-corrected chi connectivity index (χ1v) is 5.65. The van der Waals surface area contributed by atoms with Crippen LogP contribution in [0.25, 0.3) is 0 Å². The molecule has 1 aromatic rings. The smallest absolute Gasteiger partial charge is 0.407 e. The van der Waals surface area contributed by atoms with E-state index in [1.165, 1.54) is 0 Å². The van der Waals surface area contributed by atoms with Gasteiger partial charge in [-0.25, -0.2) is 9.59 Å². The molecule has 0 unspecified atom stereocenters. The van der Waals surface area contributed by atoms with Crippen molar-refractivity contribution in [2.45, 2.75) is 6.61 Å². The highest BCUT2D eigenvalue weighted by Gasteiger charge is 2.10. The monoisotopic (exact) mass is 278 g/mol. The first-order valence-electron chi connectivity index (χ1n) is 5.65. The molecule has 0 saturated heterocycles. The van der Waals surface area contributed by atoms with Crippen LogP contribution >= 0.6 is 0 Å². The van der Waals surface area contributed by atoms with Crippen LogP contribution in [0.15, 0.2) is 42.6 Å². The summed E-state index contributed by atoms with van der Waals surface area (Å²) in [5, 5.41) is 12.7. The average molecular weight is 278 g/mol. The van der Waals surface area contributed by atoms with Gasteiger partial charge >= 0.3 is 12.1 Å². The van der Waals surface area contributed by atoms with Gasteiger partial charge in [-0.2, -0.15) is 0 Å². The van der Waals surface area contributed by atoms with Crippen molar-refractivity contribution in [1.82, 2.24) is 10.6 Å². The molecule has 0 aliphatic rings. The first-order chi connectivity index (χ1) is 9.49. The highest BCUT2D eigenvalue weighted by molar-refractivity contribution is 5.93. The molecule has 0 aromatic heterocycles. The summed E-state index contributed by atoms with van der Waals surface area (Å²) in [5.41, 5.74) is 0.348. The summed E-state index contributed by atoms with van der Waals surface area (Å²) in [6.07, 6.45) is -0.773. The van der Waals surface area contributed by atoms with E-state index in [-0.39, 0.29) is 6.61 Å². The second-order valence-electron chi connectivity index (χ2n) is 3.75. The van der Waals surface area contributed by atoms with Crippen molar-refractivity contribution in [3.05, 3.63) is 48.2 Å². The van der Waals surface area contributed by atoms with E-state index in [0.29, 0.717) is 0 Å². The summed E-state index contributed by atoms with van der Waals surface area (Å²) in [6, 6.07) is 9.03. The van der Waals surface area contributed by atoms with Crippen molar-refractivity contribution < 1.29 is 24.2 Å². The number of alkyl carbamates (subject to hydrolysis) is 1. The first kappa shape index (κ1) is 15.2. The van der Waals surface area contributed by atoms with Gasteiger partial charge in [0, 0.05) is 0 Å². The molecule has 0 spiro atoms. The van der Waals surface area contributed by atoms with Crippen LogP contribution in [-0.4, -0.2) is 29.6 Å². The number of carbonyl (C=O) groups excluding carboxylic acids is 2. The van der Waals surface area contributed by atoms with E-state index in [2.05, 4.69) is 11.9 Å². The fourth-order valence-electron chi connectivity index (χ4n) is 1.19. The summed E-state index contributed by atoms with van der Waals surface area (Å²) >= 11 is 0. The minimum absolute atomic E-state index is 0.0795. The Labute approximate surface area is 115 Å². The second-order valence-corrected chi connectivity index (χ2v) is 3.75. The van der Waals surface area contributed by atoms with Crippen LogP contribution in [0, 0.1) is 0 Å². The summed E-state index contributed by atoms with van der Waals surface area (Å²) in [7, 11) is 0. The molecule has 20 heavy (non-hydrogen) atoms. The summed E-state index contributed by atoms with van der Waals surface area (Å²) < 4.78 is 4.86. The third-order valence-electron chi connectivity index (χ3n) is 2.15. The third-order valence-corrected chi connectivity index (χ3v) is 2.15. The van der Waals surface area contributed by atoms with Gasteiger partial charge in [0.15, 0.2) is 0 Å². The molecule has 1 rings (SSSR count). The van der Waals surface area contributed by atoms with E-state index < -0.39 is 30.2 Å². The highest BCUT2D eigenvalue weighted by Crippen LogP contribution is 2.00. The lowest BCUT2D eigenvalue weighted by Crippen LogP contribution is -2.37. The van der Waals surface area contributed by atoms with Crippen molar-refractivity contribution in [2.75, 3.05) is 6.54 Å². The molecule has 0 bridgehead atoms. The zero-order valence-electron chi connectivity index (χ0n) is 10.6. The Kier molecular flexibility index (Phi) is 5.76.